The van der Waals surface area contributed by atoms with Crippen molar-refractivity contribution in [2.45, 2.75) is 46.6 Å². The molecule has 1 aromatic heterocycles. The number of anilines is 1. The van der Waals surface area contributed by atoms with Crippen LogP contribution in [-0.4, -0.2) is 15.7 Å². The van der Waals surface area contributed by atoms with Crippen LogP contribution in [0.1, 0.15) is 46.6 Å². The molecule has 0 radical (unpaired) electrons. The highest BCUT2D eigenvalue weighted by Gasteiger charge is 2.16. The summed E-state index contributed by atoms with van der Waals surface area (Å²) in [6.45, 7) is 8.16. The molecule has 0 aliphatic rings. The first-order valence-corrected chi connectivity index (χ1v) is 7.09. The van der Waals surface area contributed by atoms with Gasteiger partial charge in [0.15, 0.2) is 5.82 Å². The minimum Gasteiger partial charge on any atom is -0.308 e. The third kappa shape index (κ3) is 3.97. The van der Waals surface area contributed by atoms with Gasteiger partial charge in [-0.1, -0.05) is 20.3 Å². The molecule has 1 unspecified atom stereocenters. The van der Waals surface area contributed by atoms with Crippen molar-refractivity contribution in [1.82, 2.24) is 9.78 Å². The Morgan fingerprint density at radius 1 is 1.53 bits per heavy atom. The van der Waals surface area contributed by atoms with E-state index in [1.807, 2.05) is 17.8 Å². The first-order valence-electron chi connectivity index (χ1n) is 6.01. The molecule has 0 aliphatic heterocycles. The summed E-state index contributed by atoms with van der Waals surface area (Å²) in [7, 11) is 0. The molecule has 5 heteroatoms. The number of amides is 1. The fraction of sp³-hybridized carbons (Fsp3) is 0.667. The lowest BCUT2D eigenvalue weighted by Gasteiger charge is -2.09. The zero-order chi connectivity index (χ0) is 13.0. The highest BCUT2D eigenvalue weighted by Crippen LogP contribution is 2.19. The molecule has 0 spiro atoms. The van der Waals surface area contributed by atoms with E-state index in [2.05, 4.69) is 53.8 Å². The molecule has 0 saturated carbocycles. The van der Waals surface area contributed by atoms with E-state index >= 15 is 0 Å². The predicted molar refractivity (Wildman–Crippen MR) is 78.0 cm³/mol. The number of rotatable bonds is 5. The van der Waals surface area contributed by atoms with Gasteiger partial charge < -0.3 is 5.32 Å². The molecule has 1 rings (SSSR count). The van der Waals surface area contributed by atoms with E-state index in [0.717, 1.165) is 16.4 Å². The van der Waals surface area contributed by atoms with Crippen molar-refractivity contribution in [2.24, 2.45) is 5.92 Å². The maximum absolute atomic E-state index is 11.9. The van der Waals surface area contributed by atoms with Gasteiger partial charge in [-0.3, -0.25) is 9.48 Å². The van der Waals surface area contributed by atoms with Gasteiger partial charge in [0.25, 0.3) is 0 Å². The number of nitrogens with zero attached hydrogens (tertiary/aromatic N) is 2. The lowest BCUT2D eigenvalue weighted by molar-refractivity contribution is -0.119. The van der Waals surface area contributed by atoms with Gasteiger partial charge in [-0.15, -0.1) is 0 Å². The molecular weight excluding hydrogens is 329 g/mol. The molecule has 1 amide bonds. The molecule has 1 atom stereocenters. The minimum absolute atomic E-state index is 0.0417. The van der Waals surface area contributed by atoms with E-state index in [9.17, 15) is 4.79 Å². The van der Waals surface area contributed by atoms with Crippen molar-refractivity contribution in [3.8, 4) is 0 Å². The van der Waals surface area contributed by atoms with Crippen LogP contribution >= 0.6 is 22.6 Å². The van der Waals surface area contributed by atoms with Gasteiger partial charge in [0.1, 0.15) is 0 Å². The van der Waals surface area contributed by atoms with Gasteiger partial charge in [-0.2, -0.15) is 5.10 Å². The van der Waals surface area contributed by atoms with Gasteiger partial charge in [0.05, 0.1) is 3.57 Å². The molecule has 96 valence electrons. The summed E-state index contributed by atoms with van der Waals surface area (Å²) in [5.41, 5.74) is 0. The van der Waals surface area contributed by atoms with Gasteiger partial charge in [-0.05, 0) is 42.9 Å². The maximum Gasteiger partial charge on any atom is 0.228 e. The van der Waals surface area contributed by atoms with Crippen LogP contribution in [0.3, 0.4) is 0 Å². The Labute approximate surface area is 116 Å². The summed E-state index contributed by atoms with van der Waals surface area (Å²) in [5.74, 6) is 0.769. The van der Waals surface area contributed by atoms with Crippen LogP contribution in [0.25, 0.3) is 0 Å². The summed E-state index contributed by atoms with van der Waals surface area (Å²) in [6.07, 6.45) is 3.88. The Morgan fingerprint density at radius 3 is 2.65 bits per heavy atom. The standard InChI is InChI=1S/C12H20IN3O/c1-5-6-9(4)12(17)14-11-10(13)7-16(15-11)8(2)3/h7-9H,5-6H2,1-4H3,(H,14,15,17). The molecule has 1 heterocycles. The number of carbonyl (C=O) groups excluding carboxylic acids is 1. The fourth-order valence-corrected chi connectivity index (χ4v) is 2.05. The summed E-state index contributed by atoms with van der Waals surface area (Å²) < 4.78 is 2.84. The van der Waals surface area contributed by atoms with Gasteiger partial charge in [-0.25, -0.2) is 0 Å². The molecule has 1 aromatic rings. The van der Waals surface area contributed by atoms with Crippen LogP contribution in [-0.2, 0) is 4.79 Å². The van der Waals surface area contributed by atoms with E-state index in [4.69, 9.17) is 0 Å². The molecule has 1 N–H and O–H groups in total. The summed E-state index contributed by atoms with van der Waals surface area (Å²) in [6, 6.07) is 0.308. The lowest BCUT2D eigenvalue weighted by Crippen LogP contribution is -2.21. The predicted octanol–water partition coefficient (Wildman–Crippen LogP) is 3.44. The van der Waals surface area contributed by atoms with Crippen LogP contribution in [0.15, 0.2) is 6.20 Å². The normalized spacial score (nSPS) is 12.8. The fourth-order valence-electron chi connectivity index (χ4n) is 1.52. The summed E-state index contributed by atoms with van der Waals surface area (Å²) in [4.78, 5) is 11.9. The van der Waals surface area contributed by atoms with E-state index in [1.54, 1.807) is 0 Å². The molecule has 0 bridgehead atoms. The largest absolute Gasteiger partial charge is 0.308 e. The number of aromatic nitrogens is 2. The first-order chi connectivity index (χ1) is 7.95. The van der Waals surface area contributed by atoms with Crippen LogP contribution in [0, 0.1) is 9.49 Å². The third-order valence-electron chi connectivity index (χ3n) is 2.63. The van der Waals surface area contributed by atoms with Crippen LogP contribution < -0.4 is 5.32 Å². The number of carbonyl (C=O) groups is 1. The van der Waals surface area contributed by atoms with Crippen molar-refractivity contribution in [1.29, 1.82) is 0 Å². The average Bonchev–Trinajstić information content (AvgIpc) is 2.61. The molecule has 4 nitrogen and oxygen atoms in total. The Kier molecular flexibility index (Phi) is 5.42. The Balaban J connectivity index is 2.71. The van der Waals surface area contributed by atoms with Gasteiger partial charge >= 0.3 is 0 Å². The van der Waals surface area contributed by atoms with Crippen LogP contribution in [0.5, 0.6) is 0 Å². The smallest absolute Gasteiger partial charge is 0.228 e. The topological polar surface area (TPSA) is 46.9 Å². The molecule has 0 saturated heterocycles. The van der Waals surface area contributed by atoms with Crippen molar-refractivity contribution < 1.29 is 4.79 Å². The Hall–Kier alpha value is -0.590. The molecule has 0 aromatic carbocycles. The van der Waals surface area contributed by atoms with Crippen molar-refractivity contribution in [2.75, 3.05) is 5.32 Å². The second kappa shape index (κ2) is 6.37. The number of hydrogen-bond acceptors (Lipinski definition) is 2. The van der Waals surface area contributed by atoms with Crippen molar-refractivity contribution in [3.05, 3.63) is 9.77 Å². The monoisotopic (exact) mass is 349 g/mol. The van der Waals surface area contributed by atoms with Crippen molar-refractivity contribution >= 4 is 34.3 Å². The van der Waals surface area contributed by atoms with E-state index < -0.39 is 0 Å². The zero-order valence-electron chi connectivity index (χ0n) is 10.8. The number of halogens is 1. The third-order valence-corrected chi connectivity index (χ3v) is 3.42. The van der Waals surface area contributed by atoms with Crippen molar-refractivity contribution in [3.63, 3.8) is 0 Å². The minimum atomic E-state index is 0.0417. The van der Waals surface area contributed by atoms with Crippen LogP contribution in [0.2, 0.25) is 0 Å². The van der Waals surface area contributed by atoms with E-state index in [0.29, 0.717) is 11.9 Å². The zero-order valence-corrected chi connectivity index (χ0v) is 13.0. The SMILES string of the molecule is CCCC(C)C(=O)Nc1nn(C(C)C)cc1I. The number of hydrogen-bond donors (Lipinski definition) is 1. The molecule has 17 heavy (non-hydrogen) atoms. The Morgan fingerprint density at radius 2 is 2.18 bits per heavy atom. The molecule has 0 aliphatic carbocycles. The Bertz CT molecular complexity index is 387. The maximum atomic E-state index is 11.9. The number of nitrogens with one attached hydrogen (secondary N) is 1. The molecule has 0 fully saturated rings. The second-order valence-electron chi connectivity index (χ2n) is 4.58. The quantitative estimate of drug-likeness (QED) is 0.828. The van der Waals surface area contributed by atoms with Crippen LogP contribution in [0.4, 0.5) is 5.82 Å². The highest BCUT2D eigenvalue weighted by atomic mass is 127. The average molecular weight is 349 g/mol. The lowest BCUT2D eigenvalue weighted by atomic mass is 10.1. The van der Waals surface area contributed by atoms with Gasteiger partial charge in [0.2, 0.25) is 5.91 Å². The van der Waals surface area contributed by atoms with E-state index in [1.165, 1.54) is 0 Å². The second-order valence-corrected chi connectivity index (χ2v) is 5.74. The van der Waals surface area contributed by atoms with E-state index in [-0.39, 0.29) is 11.8 Å². The molecular formula is C12H20IN3O. The highest BCUT2D eigenvalue weighted by molar-refractivity contribution is 14.1. The first kappa shape index (κ1) is 14.5. The summed E-state index contributed by atoms with van der Waals surface area (Å²) in [5, 5.41) is 7.26. The van der Waals surface area contributed by atoms with Gasteiger partial charge in [0, 0.05) is 18.2 Å². The summed E-state index contributed by atoms with van der Waals surface area (Å²) >= 11 is 2.19.